The Morgan fingerprint density at radius 3 is 1.79 bits per heavy atom. The molecule has 1 unspecified atom stereocenters. The minimum absolute atomic E-state index is 0.339. The van der Waals surface area contributed by atoms with Crippen LogP contribution in [0.15, 0.2) is 91.0 Å². The van der Waals surface area contributed by atoms with Gasteiger partial charge in [-0.2, -0.15) is 0 Å². The van der Waals surface area contributed by atoms with Crippen LogP contribution in [0.25, 0.3) is 0 Å². The summed E-state index contributed by atoms with van der Waals surface area (Å²) in [5, 5.41) is 0.339. The molecule has 122 valence electrons. The van der Waals surface area contributed by atoms with Gasteiger partial charge in [-0.3, -0.25) is 4.90 Å². The fraction of sp³-hybridized carbons (Fsp3) is 0.182. The molecular formula is C22H23NS. The highest BCUT2D eigenvalue weighted by atomic mass is 32.2. The third kappa shape index (κ3) is 4.73. The van der Waals surface area contributed by atoms with Gasteiger partial charge in [-0.05, 0) is 23.7 Å². The Labute approximate surface area is 149 Å². The average Bonchev–Trinajstić information content (AvgIpc) is 2.64. The van der Waals surface area contributed by atoms with E-state index in [4.69, 9.17) is 0 Å². The van der Waals surface area contributed by atoms with Crippen LogP contribution < -0.4 is 0 Å². The Morgan fingerprint density at radius 2 is 1.21 bits per heavy atom. The maximum absolute atomic E-state index is 2.43. The molecule has 0 aromatic heterocycles. The SMILES string of the molecule is CN(Cc1ccccc1)C(SCc1ccccc1)c1ccccc1. The van der Waals surface area contributed by atoms with E-state index in [-0.39, 0.29) is 0 Å². The van der Waals surface area contributed by atoms with E-state index < -0.39 is 0 Å². The molecule has 0 heterocycles. The van der Waals surface area contributed by atoms with E-state index >= 15 is 0 Å². The van der Waals surface area contributed by atoms with Crippen LogP contribution in [0.1, 0.15) is 22.1 Å². The molecule has 0 saturated heterocycles. The summed E-state index contributed by atoms with van der Waals surface area (Å²) in [5.74, 6) is 1.01. The van der Waals surface area contributed by atoms with Gasteiger partial charge in [0.25, 0.3) is 0 Å². The van der Waals surface area contributed by atoms with Gasteiger partial charge in [-0.1, -0.05) is 91.0 Å². The second-order valence-electron chi connectivity index (χ2n) is 5.96. The summed E-state index contributed by atoms with van der Waals surface area (Å²) >= 11 is 1.98. The van der Waals surface area contributed by atoms with Crippen molar-refractivity contribution in [3.8, 4) is 0 Å². The van der Waals surface area contributed by atoms with E-state index in [2.05, 4.69) is 103 Å². The molecule has 0 fully saturated rings. The molecule has 0 radical (unpaired) electrons. The van der Waals surface area contributed by atoms with E-state index in [1.54, 1.807) is 0 Å². The monoisotopic (exact) mass is 333 g/mol. The van der Waals surface area contributed by atoms with Crippen molar-refractivity contribution in [3.63, 3.8) is 0 Å². The predicted octanol–water partition coefficient (Wildman–Crippen LogP) is 5.75. The summed E-state index contributed by atoms with van der Waals surface area (Å²) in [6.07, 6.45) is 0. The number of hydrogen-bond acceptors (Lipinski definition) is 2. The van der Waals surface area contributed by atoms with Crippen LogP contribution in [0.5, 0.6) is 0 Å². The Balaban J connectivity index is 1.74. The molecule has 0 aliphatic heterocycles. The van der Waals surface area contributed by atoms with Crippen molar-refractivity contribution < 1.29 is 0 Å². The lowest BCUT2D eigenvalue weighted by molar-refractivity contribution is 0.310. The van der Waals surface area contributed by atoms with Crippen molar-refractivity contribution in [1.29, 1.82) is 0 Å². The second kappa shape index (κ2) is 8.72. The van der Waals surface area contributed by atoms with Crippen LogP contribution in [0.3, 0.4) is 0 Å². The zero-order valence-electron chi connectivity index (χ0n) is 14.0. The smallest absolute Gasteiger partial charge is 0.0818 e. The maximum atomic E-state index is 2.43. The number of thioether (sulfide) groups is 1. The Morgan fingerprint density at radius 1 is 0.708 bits per heavy atom. The van der Waals surface area contributed by atoms with Crippen molar-refractivity contribution in [1.82, 2.24) is 4.90 Å². The Bertz CT molecular complexity index is 713. The van der Waals surface area contributed by atoms with Crippen molar-refractivity contribution in [2.45, 2.75) is 17.7 Å². The largest absolute Gasteiger partial charge is 0.287 e. The molecule has 0 aliphatic carbocycles. The average molecular weight is 334 g/mol. The van der Waals surface area contributed by atoms with Gasteiger partial charge in [0, 0.05) is 12.3 Å². The molecule has 0 aliphatic rings. The van der Waals surface area contributed by atoms with Gasteiger partial charge in [0.2, 0.25) is 0 Å². The topological polar surface area (TPSA) is 3.24 Å². The van der Waals surface area contributed by atoms with E-state index in [1.807, 2.05) is 11.8 Å². The number of nitrogens with zero attached hydrogens (tertiary/aromatic N) is 1. The Kier molecular flexibility index (Phi) is 6.11. The number of hydrogen-bond donors (Lipinski definition) is 0. The van der Waals surface area contributed by atoms with Gasteiger partial charge in [-0.15, -0.1) is 11.8 Å². The van der Waals surface area contributed by atoms with Crippen LogP contribution in [0.4, 0.5) is 0 Å². The fourth-order valence-corrected chi connectivity index (χ4v) is 4.02. The van der Waals surface area contributed by atoms with Gasteiger partial charge >= 0.3 is 0 Å². The predicted molar refractivity (Wildman–Crippen MR) is 105 cm³/mol. The van der Waals surface area contributed by atoms with Crippen LogP contribution in [-0.4, -0.2) is 11.9 Å². The first-order chi connectivity index (χ1) is 11.8. The van der Waals surface area contributed by atoms with Gasteiger partial charge < -0.3 is 0 Å². The molecule has 0 N–H and O–H groups in total. The molecule has 0 spiro atoms. The second-order valence-corrected chi connectivity index (χ2v) is 7.03. The standard InChI is InChI=1S/C22H23NS/c1-23(17-19-11-5-2-6-12-19)22(21-15-9-4-10-16-21)24-18-20-13-7-3-8-14-20/h2-16,22H,17-18H2,1H3. The zero-order valence-corrected chi connectivity index (χ0v) is 14.8. The summed E-state index contributed by atoms with van der Waals surface area (Å²) in [4.78, 5) is 2.43. The summed E-state index contributed by atoms with van der Waals surface area (Å²) in [6, 6.07) is 32.2. The normalized spacial score (nSPS) is 12.2. The molecule has 0 amide bonds. The first-order valence-electron chi connectivity index (χ1n) is 8.27. The highest BCUT2D eigenvalue weighted by molar-refractivity contribution is 7.98. The van der Waals surface area contributed by atoms with Crippen LogP contribution in [0, 0.1) is 0 Å². The summed E-state index contributed by atoms with van der Waals surface area (Å²) < 4.78 is 0. The summed E-state index contributed by atoms with van der Waals surface area (Å²) in [7, 11) is 2.21. The minimum atomic E-state index is 0.339. The molecule has 0 saturated carbocycles. The van der Waals surface area contributed by atoms with Crippen molar-refractivity contribution >= 4 is 11.8 Å². The van der Waals surface area contributed by atoms with E-state index in [0.29, 0.717) is 5.37 Å². The summed E-state index contributed by atoms with van der Waals surface area (Å²) in [6.45, 7) is 0.947. The molecule has 1 nitrogen and oxygen atoms in total. The molecule has 2 heteroatoms. The third-order valence-electron chi connectivity index (χ3n) is 4.01. The minimum Gasteiger partial charge on any atom is -0.287 e. The van der Waals surface area contributed by atoms with Gasteiger partial charge in [0.05, 0.1) is 5.37 Å². The third-order valence-corrected chi connectivity index (χ3v) is 5.46. The number of benzene rings is 3. The van der Waals surface area contributed by atoms with Crippen molar-refractivity contribution in [3.05, 3.63) is 108 Å². The lowest BCUT2D eigenvalue weighted by Gasteiger charge is -2.28. The highest BCUT2D eigenvalue weighted by Crippen LogP contribution is 2.34. The molecule has 0 bridgehead atoms. The number of rotatable bonds is 7. The lowest BCUT2D eigenvalue weighted by Crippen LogP contribution is -2.22. The molecule has 1 atom stereocenters. The van der Waals surface area contributed by atoms with Crippen LogP contribution >= 0.6 is 11.8 Å². The first kappa shape index (κ1) is 16.8. The van der Waals surface area contributed by atoms with Gasteiger partial charge in [0.15, 0.2) is 0 Å². The molecule has 3 aromatic carbocycles. The molecule has 3 rings (SSSR count). The quantitative estimate of drug-likeness (QED) is 0.506. The van der Waals surface area contributed by atoms with Crippen molar-refractivity contribution in [2.24, 2.45) is 0 Å². The molecular weight excluding hydrogens is 310 g/mol. The Hall–Kier alpha value is -2.03. The van der Waals surface area contributed by atoms with Gasteiger partial charge in [0.1, 0.15) is 0 Å². The van der Waals surface area contributed by atoms with Crippen LogP contribution in [0.2, 0.25) is 0 Å². The maximum Gasteiger partial charge on any atom is 0.0818 e. The summed E-state index contributed by atoms with van der Waals surface area (Å²) in [5.41, 5.74) is 4.08. The lowest BCUT2D eigenvalue weighted by atomic mass is 10.2. The van der Waals surface area contributed by atoms with Crippen molar-refractivity contribution in [2.75, 3.05) is 7.05 Å². The van der Waals surface area contributed by atoms with Crippen LogP contribution in [-0.2, 0) is 12.3 Å². The van der Waals surface area contributed by atoms with E-state index in [0.717, 1.165) is 12.3 Å². The molecule has 24 heavy (non-hydrogen) atoms. The van der Waals surface area contributed by atoms with Gasteiger partial charge in [-0.25, -0.2) is 0 Å². The molecule has 3 aromatic rings. The first-order valence-corrected chi connectivity index (χ1v) is 9.32. The van der Waals surface area contributed by atoms with E-state index in [1.165, 1.54) is 16.7 Å². The zero-order chi connectivity index (χ0) is 16.6. The fourth-order valence-electron chi connectivity index (χ4n) is 2.80. The highest BCUT2D eigenvalue weighted by Gasteiger charge is 2.17. The van der Waals surface area contributed by atoms with E-state index in [9.17, 15) is 0 Å².